The largest absolute Gasteiger partial charge is 0.505 e. The van der Waals surface area contributed by atoms with Crippen LogP contribution in [-0.2, 0) is 9.53 Å². The molecule has 0 spiro atoms. The summed E-state index contributed by atoms with van der Waals surface area (Å²) in [5.41, 5.74) is 0.872. The summed E-state index contributed by atoms with van der Waals surface area (Å²) in [6, 6.07) is 11.8. The van der Waals surface area contributed by atoms with Crippen LogP contribution < -0.4 is 0 Å². The van der Waals surface area contributed by atoms with E-state index in [9.17, 15) is 9.90 Å². The lowest BCUT2D eigenvalue weighted by atomic mass is 10.0. The Morgan fingerprint density at radius 3 is 2.76 bits per heavy atom. The first kappa shape index (κ1) is 13.8. The van der Waals surface area contributed by atoms with Crippen molar-refractivity contribution >= 4 is 34.4 Å². The minimum Gasteiger partial charge on any atom is -0.505 e. The molecule has 0 atom stereocenters. The first-order valence-corrected chi connectivity index (χ1v) is 7.44. The van der Waals surface area contributed by atoms with E-state index < -0.39 is 5.97 Å². The summed E-state index contributed by atoms with van der Waals surface area (Å²) in [6.07, 6.45) is 0. The highest BCUT2D eigenvalue weighted by molar-refractivity contribution is 7.97. The summed E-state index contributed by atoms with van der Waals surface area (Å²) in [5.74, 6) is -0.552. The van der Waals surface area contributed by atoms with Gasteiger partial charge < -0.3 is 14.1 Å². The molecule has 0 saturated carbocycles. The molecule has 2 aromatic rings. The highest BCUT2D eigenvalue weighted by Gasteiger charge is 2.31. The molecule has 0 amide bonds. The monoisotopic (exact) mass is 301 g/mol. The number of likely N-dealkylation sites (N-methyl/N-ethyl adjacent to an activating group) is 1. The first-order chi connectivity index (χ1) is 10.2. The summed E-state index contributed by atoms with van der Waals surface area (Å²) in [4.78, 5) is 12.9. The molecule has 0 aromatic heterocycles. The number of aliphatic hydroxyl groups is 1. The van der Waals surface area contributed by atoms with Crippen molar-refractivity contribution in [2.24, 2.45) is 0 Å². The molecule has 0 bridgehead atoms. The van der Waals surface area contributed by atoms with Crippen molar-refractivity contribution in [1.29, 1.82) is 0 Å². The van der Waals surface area contributed by atoms with Gasteiger partial charge in [-0.2, -0.15) is 0 Å². The second-order valence-corrected chi connectivity index (χ2v) is 5.67. The third kappa shape index (κ3) is 2.14. The van der Waals surface area contributed by atoms with E-state index in [1.54, 1.807) is 4.31 Å². The van der Waals surface area contributed by atoms with Crippen LogP contribution in [0.3, 0.4) is 0 Å². The SMILES string of the molecule is CCN1Sc2c(ccc3ccccc23)C(O)=C1C(=O)OC. The van der Waals surface area contributed by atoms with Crippen molar-refractivity contribution in [2.75, 3.05) is 13.7 Å². The van der Waals surface area contributed by atoms with Gasteiger partial charge in [0.1, 0.15) is 0 Å². The highest BCUT2D eigenvalue weighted by Crippen LogP contribution is 2.43. The van der Waals surface area contributed by atoms with E-state index in [-0.39, 0.29) is 11.5 Å². The van der Waals surface area contributed by atoms with Crippen LogP contribution in [-0.4, -0.2) is 29.0 Å². The summed E-state index contributed by atoms with van der Waals surface area (Å²) in [6.45, 7) is 2.52. The van der Waals surface area contributed by atoms with E-state index in [4.69, 9.17) is 4.74 Å². The van der Waals surface area contributed by atoms with Gasteiger partial charge in [0.05, 0.1) is 7.11 Å². The van der Waals surface area contributed by atoms with Gasteiger partial charge in [0.25, 0.3) is 0 Å². The fourth-order valence-corrected chi connectivity index (χ4v) is 3.60. The highest BCUT2D eigenvalue weighted by atomic mass is 32.2. The molecule has 0 unspecified atom stereocenters. The molecular weight excluding hydrogens is 286 g/mol. The Morgan fingerprint density at radius 1 is 1.29 bits per heavy atom. The lowest BCUT2D eigenvalue weighted by Gasteiger charge is -2.29. The minimum absolute atomic E-state index is 0.0248. The van der Waals surface area contributed by atoms with Crippen LogP contribution in [0.4, 0.5) is 0 Å². The number of aliphatic hydroxyl groups excluding tert-OH is 1. The van der Waals surface area contributed by atoms with E-state index in [2.05, 4.69) is 0 Å². The van der Waals surface area contributed by atoms with Gasteiger partial charge in [-0.05, 0) is 35.7 Å². The van der Waals surface area contributed by atoms with Crippen molar-refractivity contribution in [1.82, 2.24) is 4.31 Å². The zero-order valence-electron chi connectivity index (χ0n) is 11.8. The van der Waals surface area contributed by atoms with E-state index in [1.165, 1.54) is 19.1 Å². The minimum atomic E-state index is -0.527. The van der Waals surface area contributed by atoms with Crippen molar-refractivity contribution in [2.45, 2.75) is 11.8 Å². The smallest absolute Gasteiger partial charge is 0.359 e. The first-order valence-electron chi connectivity index (χ1n) is 6.66. The maximum absolute atomic E-state index is 11.9. The fourth-order valence-electron chi connectivity index (χ4n) is 2.45. The fraction of sp³-hybridized carbons (Fsp3) is 0.188. The third-order valence-corrected chi connectivity index (χ3v) is 4.76. The molecule has 0 aliphatic carbocycles. The van der Waals surface area contributed by atoms with E-state index in [0.717, 1.165) is 15.7 Å². The number of benzene rings is 2. The average Bonchev–Trinajstić information content (AvgIpc) is 2.53. The number of nitrogens with zero attached hydrogens (tertiary/aromatic N) is 1. The molecule has 0 saturated heterocycles. The molecule has 5 heteroatoms. The topological polar surface area (TPSA) is 49.8 Å². The Kier molecular flexibility index (Phi) is 3.51. The van der Waals surface area contributed by atoms with Crippen LogP contribution in [0.15, 0.2) is 47.0 Å². The normalized spacial score (nSPS) is 14.3. The Labute approximate surface area is 127 Å². The molecular formula is C16H15NO3S. The van der Waals surface area contributed by atoms with Crippen molar-refractivity contribution in [3.8, 4) is 0 Å². The molecule has 108 valence electrons. The lowest BCUT2D eigenvalue weighted by Crippen LogP contribution is -2.26. The number of carbonyl (C=O) groups excluding carboxylic acids is 1. The number of ether oxygens (including phenoxy) is 1. The predicted octanol–water partition coefficient (Wildman–Crippen LogP) is 3.58. The van der Waals surface area contributed by atoms with E-state index in [1.807, 2.05) is 43.3 Å². The van der Waals surface area contributed by atoms with Gasteiger partial charge in [0.2, 0.25) is 0 Å². The second kappa shape index (κ2) is 5.33. The molecule has 21 heavy (non-hydrogen) atoms. The van der Waals surface area contributed by atoms with Crippen LogP contribution in [0.25, 0.3) is 16.5 Å². The van der Waals surface area contributed by atoms with Crippen LogP contribution in [0.5, 0.6) is 0 Å². The summed E-state index contributed by atoms with van der Waals surface area (Å²) in [7, 11) is 1.32. The Bertz CT molecular complexity index is 754. The standard InChI is InChI=1S/C16H15NO3S/c1-3-17-13(16(19)20-2)14(18)12-9-8-10-6-4-5-7-11(10)15(12)21-17/h4-9,18H,3H2,1-2H3. The maximum atomic E-state index is 11.9. The number of rotatable bonds is 2. The molecule has 1 N–H and O–H groups in total. The van der Waals surface area contributed by atoms with Crippen LogP contribution in [0.1, 0.15) is 12.5 Å². The molecule has 1 aliphatic heterocycles. The van der Waals surface area contributed by atoms with Gasteiger partial charge in [0.15, 0.2) is 11.5 Å². The number of methoxy groups -OCH3 is 1. The van der Waals surface area contributed by atoms with Crippen molar-refractivity contribution in [3.63, 3.8) is 0 Å². The van der Waals surface area contributed by atoms with Crippen LogP contribution in [0, 0.1) is 0 Å². The van der Waals surface area contributed by atoms with Crippen LogP contribution in [0.2, 0.25) is 0 Å². The van der Waals surface area contributed by atoms with Gasteiger partial charge in [-0.25, -0.2) is 4.79 Å². The lowest BCUT2D eigenvalue weighted by molar-refractivity contribution is -0.137. The number of carbonyl (C=O) groups is 1. The van der Waals surface area contributed by atoms with Gasteiger partial charge in [0, 0.05) is 17.0 Å². The van der Waals surface area contributed by atoms with E-state index in [0.29, 0.717) is 12.1 Å². The number of hydrogen-bond donors (Lipinski definition) is 1. The van der Waals surface area contributed by atoms with Gasteiger partial charge in [-0.3, -0.25) is 0 Å². The molecule has 0 fully saturated rings. The third-order valence-electron chi connectivity index (χ3n) is 3.48. The zero-order valence-corrected chi connectivity index (χ0v) is 12.6. The number of esters is 1. The van der Waals surface area contributed by atoms with Crippen LogP contribution >= 0.6 is 11.9 Å². The van der Waals surface area contributed by atoms with Gasteiger partial charge in [-0.1, -0.05) is 30.3 Å². The quantitative estimate of drug-likeness (QED) is 0.678. The molecule has 2 aromatic carbocycles. The molecule has 1 aliphatic rings. The predicted molar refractivity (Wildman–Crippen MR) is 83.7 cm³/mol. The summed E-state index contributed by atoms with van der Waals surface area (Å²) in [5, 5.41) is 12.7. The second-order valence-electron chi connectivity index (χ2n) is 4.64. The maximum Gasteiger partial charge on any atom is 0.359 e. The zero-order chi connectivity index (χ0) is 15.0. The molecule has 3 rings (SSSR count). The van der Waals surface area contributed by atoms with Gasteiger partial charge in [-0.15, -0.1) is 0 Å². The molecule has 0 radical (unpaired) electrons. The molecule has 1 heterocycles. The Morgan fingerprint density at radius 2 is 2.05 bits per heavy atom. The molecule has 4 nitrogen and oxygen atoms in total. The van der Waals surface area contributed by atoms with Crippen molar-refractivity contribution < 1.29 is 14.6 Å². The van der Waals surface area contributed by atoms with E-state index >= 15 is 0 Å². The van der Waals surface area contributed by atoms with Gasteiger partial charge >= 0.3 is 5.97 Å². The number of fused-ring (bicyclic) bond motifs is 3. The summed E-state index contributed by atoms with van der Waals surface area (Å²) >= 11 is 1.46. The Hall–Kier alpha value is -2.14. The average molecular weight is 301 g/mol. The number of hydrogen-bond acceptors (Lipinski definition) is 5. The van der Waals surface area contributed by atoms with Crippen molar-refractivity contribution in [3.05, 3.63) is 47.7 Å². The summed E-state index contributed by atoms with van der Waals surface area (Å²) < 4.78 is 6.54. The Balaban J connectivity index is 2.27.